The van der Waals surface area contributed by atoms with E-state index in [1.807, 2.05) is 4.72 Å². The van der Waals surface area contributed by atoms with E-state index >= 15 is 0 Å². The summed E-state index contributed by atoms with van der Waals surface area (Å²) in [7, 11) is -4.23. The Hall–Kier alpha value is -1.51. The van der Waals surface area contributed by atoms with Crippen LogP contribution in [0, 0.1) is 11.6 Å². The first kappa shape index (κ1) is 15.9. The van der Waals surface area contributed by atoms with E-state index in [1.54, 1.807) is 0 Å². The number of hydrogen-bond donors (Lipinski definition) is 2. The zero-order valence-electron chi connectivity index (χ0n) is 10.6. The van der Waals surface area contributed by atoms with Crippen molar-refractivity contribution in [3.63, 3.8) is 0 Å². The van der Waals surface area contributed by atoms with Crippen LogP contribution in [0.4, 0.5) is 14.5 Å². The number of nitrogens with one attached hydrogen (secondary N) is 1. The molecule has 2 aromatic carbocycles. The predicted octanol–water partition coefficient (Wildman–Crippen LogP) is 2.99. The third kappa shape index (κ3) is 3.58. The summed E-state index contributed by atoms with van der Waals surface area (Å²) < 4.78 is 54.2. The van der Waals surface area contributed by atoms with Crippen molar-refractivity contribution in [3.05, 3.63) is 58.1 Å². The molecule has 8 heteroatoms. The van der Waals surface area contributed by atoms with Crippen LogP contribution in [0.5, 0.6) is 0 Å². The van der Waals surface area contributed by atoms with Crippen LogP contribution in [0.3, 0.4) is 0 Å². The molecule has 0 amide bonds. The molecular formula is C13H11BrF2N2O2S. The molecule has 0 atom stereocenters. The van der Waals surface area contributed by atoms with Crippen LogP contribution >= 0.6 is 15.9 Å². The van der Waals surface area contributed by atoms with Crippen LogP contribution in [0.25, 0.3) is 0 Å². The molecule has 0 saturated carbocycles. The van der Waals surface area contributed by atoms with Gasteiger partial charge in [0.1, 0.15) is 16.5 Å². The van der Waals surface area contributed by atoms with E-state index in [0.29, 0.717) is 10.0 Å². The second kappa shape index (κ2) is 6.08. The van der Waals surface area contributed by atoms with Crippen LogP contribution in [-0.2, 0) is 16.6 Å². The molecule has 0 aliphatic heterocycles. The summed E-state index contributed by atoms with van der Waals surface area (Å²) in [5.74, 6) is -1.71. The van der Waals surface area contributed by atoms with Gasteiger partial charge >= 0.3 is 0 Å². The Labute approximate surface area is 129 Å². The van der Waals surface area contributed by atoms with Gasteiger partial charge in [-0.25, -0.2) is 17.2 Å². The maximum absolute atomic E-state index is 13.8. The van der Waals surface area contributed by atoms with Gasteiger partial charge < -0.3 is 5.73 Å². The Bertz CT molecular complexity index is 782. The van der Waals surface area contributed by atoms with Crippen molar-refractivity contribution < 1.29 is 17.2 Å². The largest absolute Gasteiger partial charge is 0.326 e. The van der Waals surface area contributed by atoms with Gasteiger partial charge in [0.2, 0.25) is 0 Å². The van der Waals surface area contributed by atoms with Crippen molar-refractivity contribution in [2.75, 3.05) is 4.72 Å². The van der Waals surface area contributed by atoms with Crippen molar-refractivity contribution in [3.8, 4) is 0 Å². The van der Waals surface area contributed by atoms with Crippen molar-refractivity contribution in [1.29, 1.82) is 0 Å². The van der Waals surface area contributed by atoms with Gasteiger partial charge in [0.15, 0.2) is 0 Å². The van der Waals surface area contributed by atoms with E-state index < -0.39 is 26.6 Å². The van der Waals surface area contributed by atoms with Crippen LogP contribution < -0.4 is 10.5 Å². The molecule has 2 aromatic rings. The lowest BCUT2D eigenvalue weighted by atomic mass is 10.2. The van der Waals surface area contributed by atoms with Gasteiger partial charge in [-0.05, 0) is 35.9 Å². The zero-order chi connectivity index (χ0) is 15.6. The van der Waals surface area contributed by atoms with E-state index in [1.165, 1.54) is 18.2 Å². The molecular weight excluding hydrogens is 366 g/mol. The van der Waals surface area contributed by atoms with Crippen molar-refractivity contribution in [1.82, 2.24) is 0 Å². The molecule has 0 saturated heterocycles. The fourth-order valence-corrected chi connectivity index (χ4v) is 3.14. The highest BCUT2D eigenvalue weighted by Gasteiger charge is 2.21. The molecule has 0 unspecified atom stereocenters. The lowest BCUT2D eigenvalue weighted by molar-refractivity contribution is 0.568. The molecule has 4 nitrogen and oxygen atoms in total. The zero-order valence-corrected chi connectivity index (χ0v) is 13.0. The summed E-state index contributed by atoms with van der Waals surface area (Å²) in [6.07, 6.45) is 0. The summed E-state index contributed by atoms with van der Waals surface area (Å²) >= 11 is 3.10. The van der Waals surface area contributed by atoms with Gasteiger partial charge in [0.25, 0.3) is 10.0 Å². The van der Waals surface area contributed by atoms with Gasteiger partial charge in [-0.1, -0.05) is 22.0 Å². The highest BCUT2D eigenvalue weighted by atomic mass is 79.9. The Morgan fingerprint density at radius 1 is 1.10 bits per heavy atom. The van der Waals surface area contributed by atoms with Crippen LogP contribution in [-0.4, -0.2) is 8.42 Å². The fourth-order valence-electron chi connectivity index (χ4n) is 1.66. The molecule has 0 aromatic heterocycles. The third-order valence-corrected chi connectivity index (χ3v) is 4.59. The van der Waals surface area contributed by atoms with Gasteiger partial charge in [-0.15, -0.1) is 0 Å². The van der Waals surface area contributed by atoms with Crippen LogP contribution in [0.1, 0.15) is 5.56 Å². The maximum atomic E-state index is 13.8. The standard InChI is InChI=1S/C13H11BrF2N2O2S/c14-9-2-3-10(15)12(6-9)18-21(19,20)13-4-1-8(7-17)5-11(13)16/h1-6,18H,7,17H2. The summed E-state index contributed by atoms with van der Waals surface area (Å²) in [5.41, 5.74) is 5.54. The molecule has 0 heterocycles. The van der Waals surface area contributed by atoms with Gasteiger partial charge in [0.05, 0.1) is 5.69 Å². The average Bonchev–Trinajstić information content (AvgIpc) is 2.42. The quantitative estimate of drug-likeness (QED) is 0.861. The Morgan fingerprint density at radius 3 is 2.43 bits per heavy atom. The molecule has 0 spiro atoms. The smallest absolute Gasteiger partial charge is 0.264 e. The Kier molecular flexibility index (Phi) is 4.60. The number of anilines is 1. The van der Waals surface area contributed by atoms with E-state index in [-0.39, 0.29) is 12.2 Å². The average molecular weight is 377 g/mol. The summed E-state index contributed by atoms with van der Waals surface area (Å²) in [6, 6.07) is 7.29. The van der Waals surface area contributed by atoms with Crippen molar-refractivity contribution in [2.45, 2.75) is 11.4 Å². The monoisotopic (exact) mass is 376 g/mol. The minimum absolute atomic E-state index is 0.0882. The van der Waals surface area contributed by atoms with Gasteiger partial charge in [-0.3, -0.25) is 4.72 Å². The maximum Gasteiger partial charge on any atom is 0.264 e. The van der Waals surface area contributed by atoms with Crippen molar-refractivity contribution >= 4 is 31.6 Å². The topological polar surface area (TPSA) is 72.2 Å². The number of benzene rings is 2. The third-order valence-electron chi connectivity index (χ3n) is 2.69. The highest BCUT2D eigenvalue weighted by molar-refractivity contribution is 9.10. The first-order valence-electron chi connectivity index (χ1n) is 5.80. The predicted molar refractivity (Wildman–Crippen MR) is 79.2 cm³/mol. The molecule has 3 N–H and O–H groups in total. The van der Waals surface area contributed by atoms with E-state index in [0.717, 1.165) is 18.2 Å². The van der Waals surface area contributed by atoms with E-state index in [9.17, 15) is 17.2 Å². The first-order valence-corrected chi connectivity index (χ1v) is 8.07. The minimum Gasteiger partial charge on any atom is -0.326 e. The SMILES string of the molecule is NCc1ccc(S(=O)(=O)Nc2cc(Br)ccc2F)c(F)c1. The van der Waals surface area contributed by atoms with Crippen LogP contribution in [0.15, 0.2) is 45.8 Å². The number of rotatable bonds is 4. The van der Waals surface area contributed by atoms with Crippen molar-refractivity contribution in [2.24, 2.45) is 5.73 Å². The molecule has 112 valence electrons. The second-order valence-electron chi connectivity index (χ2n) is 4.20. The van der Waals surface area contributed by atoms with Gasteiger partial charge in [0, 0.05) is 11.0 Å². The molecule has 0 aliphatic rings. The molecule has 0 aliphatic carbocycles. The fraction of sp³-hybridized carbons (Fsp3) is 0.0769. The van der Waals surface area contributed by atoms with E-state index in [2.05, 4.69) is 15.9 Å². The normalized spacial score (nSPS) is 11.4. The second-order valence-corrected chi connectivity index (χ2v) is 6.77. The summed E-state index contributed by atoms with van der Waals surface area (Å²) in [5, 5.41) is 0. The molecule has 0 radical (unpaired) electrons. The first-order chi connectivity index (χ1) is 9.83. The lowest BCUT2D eigenvalue weighted by Crippen LogP contribution is -2.16. The number of halogens is 3. The minimum atomic E-state index is -4.23. The molecule has 0 fully saturated rings. The number of nitrogens with two attached hydrogens (primary N) is 1. The Balaban J connectivity index is 2.41. The number of hydrogen-bond acceptors (Lipinski definition) is 3. The number of sulfonamides is 1. The molecule has 21 heavy (non-hydrogen) atoms. The van der Waals surface area contributed by atoms with Crippen LogP contribution in [0.2, 0.25) is 0 Å². The van der Waals surface area contributed by atoms with E-state index in [4.69, 9.17) is 5.73 Å². The lowest BCUT2D eigenvalue weighted by Gasteiger charge is -2.10. The summed E-state index contributed by atoms with van der Waals surface area (Å²) in [4.78, 5) is -0.570. The Morgan fingerprint density at radius 2 is 1.81 bits per heavy atom. The van der Waals surface area contributed by atoms with Gasteiger partial charge in [-0.2, -0.15) is 0 Å². The molecule has 2 rings (SSSR count). The molecule has 0 bridgehead atoms. The summed E-state index contributed by atoms with van der Waals surface area (Å²) in [6.45, 7) is 0.0882. The highest BCUT2D eigenvalue weighted by Crippen LogP contribution is 2.24.